The van der Waals surface area contributed by atoms with Crippen molar-refractivity contribution < 1.29 is 23.4 Å². The Balaban J connectivity index is 1.03. The topological polar surface area (TPSA) is 171 Å². The number of aromatic nitrogens is 6. The molecule has 0 saturated carbocycles. The second-order valence-corrected chi connectivity index (χ2v) is 14.1. The second-order valence-electron chi connectivity index (χ2n) is 11.9. The van der Waals surface area contributed by atoms with Crippen LogP contribution in [0, 0.1) is 5.82 Å². The summed E-state index contributed by atoms with van der Waals surface area (Å²) < 4.78 is 36.2. The fourth-order valence-corrected chi connectivity index (χ4v) is 7.81. The van der Waals surface area contributed by atoms with Gasteiger partial charge in [0, 0.05) is 50.7 Å². The molecule has 1 saturated heterocycles. The number of hydrogen-bond acceptors (Lipinski definition) is 10. The number of aromatic amines is 2. The molecule has 0 aliphatic carbocycles. The van der Waals surface area contributed by atoms with Crippen molar-refractivity contribution in [1.29, 1.82) is 0 Å². The molecule has 2 aliphatic heterocycles. The summed E-state index contributed by atoms with van der Waals surface area (Å²) in [5.74, 6) is 0.341. The van der Waals surface area contributed by atoms with Gasteiger partial charge in [0.2, 0.25) is 0 Å². The third kappa shape index (κ3) is 5.91. The molecule has 13 nitrogen and oxygen atoms in total. The van der Waals surface area contributed by atoms with Gasteiger partial charge in [0.1, 0.15) is 17.2 Å². The van der Waals surface area contributed by atoms with Gasteiger partial charge in [-0.1, -0.05) is 13.0 Å². The number of H-pyrrole nitrogens is 2. The van der Waals surface area contributed by atoms with E-state index in [0.717, 1.165) is 39.8 Å². The number of halogens is 1. The first-order valence-electron chi connectivity index (χ1n) is 15.5. The van der Waals surface area contributed by atoms with E-state index in [0.29, 0.717) is 74.2 Å². The number of rotatable bonds is 8. The van der Waals surface area contributed by atoms with Crippen LogP contribution in [0.2, 0.25) is 0 Å². The number of amides is 1. The first-order valence-corrected chi connectivity index (χ1v) is 17.2. The van der Waals surface area contributed by atoms with E-state index in [1.807, 2.05) is 37.1 Å². The highest BCUT2D eigenvalue weighted by atomic mass is 32.3. The fourth-order valence-electron chi connectivity index (χ4n) is 6.24. The Labute approximate surface area is 272 Å². The zero-order valence-corrected chi connectivity index (χ0v) is 26.9. The average molecular weight is 662 g/mol. The number of phenols is 1. The number of anilines is 1. The second kappa shape index (κ2) is 12.2. The Hall–Kier alpha value is -4.57. The van der Waals surface area contributed by atoms with Crippen molar-refractivity contribution in [3.05, 3.63) is 71.2 Å². The van der Waals surface area contributed by atoms with E-state index in [1.54, 1.807) is 15.4 Å². The van der Waals surface area contributed by atoms with Crippen LogP contribution in [0.15, 0.2) is 42.7 Å². The summed E-state index contributed by atoms with van der Waals surface area (Å²) in [6.07, 6.45) is 5.04. The monoisotopic (exact) mass is 661 g/mol. The van der Waals surface area contributed by atoms with E-state index in [4.69, 9.17) is 4.98 Å². The van der Waals surface area contributed by atoms with Crippen molar-refractivity contribution in [1.82, 2.24) is 39.3 Å². The minimum Gasteiger partial charge on any atom is -0.505 e. The predicted molar refractivity (Wildman–Crippen MR) is 178 cm³/mol. The number of carbonyl (C=O) groups excluding carboxylic acids is 1. The van der Waals surface area contributed by atoms with E-state index < -0.39 is 16.6 Å². The van der Waals surface area contributed by atoms with E-state index in [-0.39, 0.29) is 17.4 Å². The van der Waals surface area contributed by atoms with Gasteiger partial charge >= 0.3 is 0 Å². The summed E-state index contributed by atoms with van der Waals surface area (Å²) in [5, 5.41) is 18.3. The summed E-state index contributed by atoms with van der Waals surface area (Å²) in [6, 6.07) is 8.56. The Bertz CT molecular complexity index is 1960. The number of aromatic hydroxyl groups is 1. The molecule has 0 radical (unpaired) electrons. The summed E-state index contributed by atoms with van der Waals surface area (Å²) in [6.45, 7) is 4.46. The first-order chi connectivity index (χ1) is 22.6. The molecule has 5 aromatic rings. The molecule has 246 valence electrons. The normalized spacial score (nSPS) is 16.8. The molecule has 1 amide bonds. The highest BCUT2D eigenvalue weighted by Crippen LogP contribution is 2.48. The van der Waals surface area contributed by atoms with Gasteiger partial charge in [-0.2, -0.15) is 5.10 Å². The van der Waals surface area contributed by atoms with E-state index in [2.05, 4.69) is 25.1 Å². The Morgan fingerprint density at radius 2 is 2.00 bits per heavy atom. The number of hydrogen-bond donors (Lipinski definition) is 5. The van der Waals surface area contributed by atoms with Crippen molar-refractivity contribution in [2.45, 2.75) is 32.7 Å². The van der Waals surface area contributed by atoms with Crippen molar-refractivity contribution >= 4 is 33.4 Å². The number of aryl methyl sites for hydroxylation is 1. The van der Waals surface area contributed by atoms with Gasteiger partial charge < -0.3 is 19.9 Å². The number of benzene rings is 2. The molecule has 5 heterocycles. The SMILES string of the molecule is CCc1cc(O)c(F)cc1-c1ccc2c(-c3nc4c([nH]3)CCN(C(=O)c3cnc(N(C)CCN5CCCS5(O)O)cn3)C4)n[nH]c2c1. The van der Waals surface area contributed by atoms with Crippen LogP contribution >= 0.6 is 10.8 Å². The van der Waals surface area contributed by atoms with Gasteiger partial charge in [-0.3, -0.25) is 19.0 Å². The Morgan fingerprint density at radius 1 is 1.15 bits per heavy atom. The third-order valence-corrected chi connectivity index (χ3v) is 11.0. The van der Waals surface area contributed by atoms with Crippen LogP contribution in [0.25, 0.3) is 33.5 Å². The predicted octanol–water partition coefficient (Wildman–Crippen LogP) is 4.82. The molecule has 7 rings (SSSR count). The zero-order chi connectivity index (χ0) is 32.9. The van der Waals surface area contributed by atoms with Gasteiger partial charge in [0.25, 0.3) is 5.91 Å². The minimum absolute atomic E-state index is 0.234. The summed E-state index contributed by atoms with van der Waals surface area (Å²) in [7, 11) is -0.806. The molecule has 0 unspecified atom stereocenters. The summed E-state index contributed by atoms with van der Waals surface area (Å²) >= 11 is 0. The number of phenolic OH excluding ortho intramolecular Hbond substituents is 1. The molecule has 2 aromatic carbocycles. The molecule has 47 heavy (non-hydrogen) atoms. The lowest BCUT2D eigenvalue weighted by Crippen LogP contribution is -2.36. The molecule has 5 N–H and O–H groups in total. The van der Waals surface area contributed by atoms with E-state index >= 15 is 0 Å². The van der Waals surface area contributed by atoms with Gasteiger partial charge in [0.05, 0.1) is 35.9 Å². The van der Waals surface area contributed by atoms with Gasteiger partial charge in [-0.05, 0) is 53.8 Å². The number of carbonyl (C=O) groups is 1. The molecule has 2 aliphatic rings. The van der Waals surface area contributed by atoms with E-state index in [9.17, 15) is 23.4 Å². The number of nitrogens with one attached hydrogen (secondary N) is 2. The van der Waals surface area contributed by atoms with Crippen LogP contribution in [-0.2, 0) is 19.4 Å². The lowest BCUT2D eigenvalue weighted by molar-refractivity contribution is 0.0725. The maximum atomic E-state index is 14.2. The quantitative estimate of drug-likeness (QED) is 0.155. The number of imidazole rings is 1. The molecule has 0 atom stereocenters. The zero-order valence-electron chi connectivity index (χ0n) is 26.1. The van der Waals surface area contributed by atoms with Gasteiger partial charge in [-0.25, -0.2) is 23.6 Å². The van der Waals surface area contributed by atoms with Crippen molar-refractivity contribution in [3.63, 3.8) is 0 Å². The average Bonchev–Trinajstić information content (AvgIpc) is 3.79. The van der Waals surface area contributed by atoms with Crippen molar-refractivity contribution in [2.75, 3.05) is 43.9 Å². The third-order valence-electron chi connectivity index (χ3n) is 8.95. The minimum atomic E-state index is -2.66. The number of nitrogens with zero attached hydrogens (tertiary/aromatic N) is 7. The first kappa shape index (κ1) is 31.1. The Morgan fingerprint density at radius 3 is 2.74 bits per heavy atom. The van der Waals surface area contributed by atoms with Gasteiger partial charge in [0.15, 0.2) is 17.4 Å². The number of fused-ring (bicyclic) bond motifs is 2. The van der Waals surface area contributed by atoms with Crippen LogP contribution in [0.3, 0.4) is 0 Å². The van der Waals surface area contributed by atoms with Crippen molar-refractivity contribution in [3.8, 4) is 28.4 Å². The molecular weight excluding hydrogens is 625 g/mol. The number of likely N-dealkylation sites (N-methyl/N-ethyl adjacent to an activating group) is 1. The maximum absolute atomic E-state index is 14.2. The smallest absolute Gasteiger partial charge is 0.274 e. The largest absolute Gasteiger partial charge is 0.505 e. The van der Waals surface area contributed by atoms with Crippen LogP contribution in [-0.4, -0.2) is 98.4 Å². The molecule has 0 bridgehead atoms. The maximum Gasteiger partial charge on any atom is 0.274 e. The van der Waals surface area contributed by atoms with Crippen molar-refractivity contribution in [2.24, 2.45) is 0 Å². The van der Waals surface area contributed by atoms with Crippen LogP contribution in [0.1, 0.15) is 40.8 Å². The Kier molecular flexibility index (Phi) is 8.08. The molecule has 0 spiro atoms. The molecular formula is C32H36FN9O4S. The fraction of sp³-hybridized carbons (Fsp3) is 0.344. The van der Waals surface area contributed by atoms with E-state index in [1.165, 1.54) is 18.3 Å². The lowest BCUT2D eigenvalue weighted by Gasteiger charge is -2.37. The highest BCUT2D eigenvalue weighted by molar-refractivity contribution is 8.22. The van der Waals surface area contributed by atoms with Crippen LogP contribution in [0.5, 0.6) is 5.75 Å². The summed E-state index contributed by atoms with van der Waals surface area (Å²) in [4.78, 5) is 34.0. The van der Waals surface area contributed by atoms with Crippen LogP contribution < -0.4 is 4.90 Å². The van der Waals surface area contributed by atoms with Gasteiger partial charge in [-0.15, -0.1) is 10.8 Å². The van der Waals surface area contributed by atoms with Crippen LogP contribution in [0.4, 0.5) is 10.2 Å². The summed E-state index contributed by atoms with van der Waals surface area (Å²) in [5.41, 5.74) is 5.71. The lowest BCUT2D eigenvalue weighted by atomic mass is 9.96. The highest BCUT2D eigenvalue weighted by Gasteiger charge is 2.29. The molecule has 15 heteroatoms. The standard InChI is InChI=1S/C32H36FN9O4S/c1-3-19-14-28(43)23(33)15-22(19)20-5-6-21-25(13-20)38-39-30(21)31-36-24-7-9-41(18-27(24)37-31)32(44)26-16-35-29(17-34-26)40(2)10-11-42-8-4-12-47(42,45)46/h5-6,13-17,43,45-46H,3-4,7-12,18H2,1-2H3,(H,36,37)(H,38,39). The molecule has 1 fully saturated rings. The molecule has 3 aromatic heterocycles.